The van der Waals surface area contributed by atoms with Crippen LogP contribution in [0.3, 0.4) is 0 Å². The molecule has 0 bridgehead atoms. The first-order valence-corrected chi connectivity index (χ1v) is 12.8. The number of oxazole rings is 1. The van der Waals surface area contributed by atoms with Gasteiger partial charge in [-0.25, -0.2) is 4.98 Å². The highest BCUT2D eigenvalue weighted by atomic mass is 16.3. The van der Waals surface area contributed by atoms with Crippen molar-refractivity contribution in [3.05, 3.63) is 115 Å². The van der Waals surface area contributed by atoms with Crippen LogP contribution in [0, 0.1) is 0 Å². The van der Waals surface area contributed by atoms with Gasteiger partial charge in [0.1, 0.15) is 16.7 Å². The fourth-order valence-corrected chi connectivity index (χ4v) is 6.25. The number of rotatable bonds is 2. The molecule has 0 unspecified atom stereocenters. The van der Waals surface area contributed by atoms with E-state index >= 15 is 0 Å². The van der Waals surface area contributed by atoms with E-state index in [1.165, 1.54) is 33.0 Å². The molecular weight excluding hydrogens is 466 g/mol. The third kappa shape index (κ3) is 2.55. The predicted octanol–water partition coefficient (Wildman–Crippen LogP) is 9.86. The SMILES string of the molecule is c1ccc(-c2ccc3c4c(cccc24)-c2ccc4c(oc5ccccc54)c2-3)c(-c2nc3ccccc3o2)c1. The van der Waals surface area contributed by atoms with Gasteiger partial charge in [0.15, 0.2) is 5.58 Å². The first-order valence-electron chi connectivity index (χ1n) is 12.8. The van der Waals surface area contributed by atoms with Crippen LogP contribution in [0.1, 0.15) is 0 Å². The Morgan fingerprint density at radius 2 is 1.13 bits per heavy atom. The van der Waals surface area contributed by atoms with Gasteiger partial charge < -0.3 is 8.83 Å². The highest BCUT2D eigenvalue weighted by molar-refractivity contribution is 6.25. The molecule has 0 fully saturated rings. The molecule has 176 valence electrons. The second-order valence-electron chi connectivity index (χ2n) is 9.88. The van der Waals surface area contributed by atoms with Crippen LogP contribution in [0.15, 0.2) is 124 Å². The first-order chi connectivity index (χ1) is 18.8. The van der Waals surface area contributed by atoms with E-state index < -0.39 is 0 Å². The molecule has 2 aromatic heterocycles. The lowest BCUT2D eigenvalue weighted by atomic mass is 9.92. The maximum absolute atomic E-state index is 6.46. The molecule has 0 radical (unpaired) electrons. The van der Waals surface area contributed by atoms with E-state index in [1.54, 1.807) is 0 Å². The van der Waals surface area contributed by atoms with E-state index in [2.05, 4.69) is 72.8 Å². The number of para-hydroxylation sites is 3. The molecule has 0 amide bonds. The van der Waals surface area contributed by atoms with Gasteiger partial charge in [0.2, 0.25) is 5.89 Å². The molecule has 1 aliphatic carbocycles. The van der Waals surface area contributed by atoms with E-state index in [0.717, 1.165) is 49.7 Å². The Bertz CT molecular complexity index is 2220. The zero-order valence-corrected chi connectivity index (χ0v) is 20.2. The summed E-state index contributed by atoms with van der Waals surface area (Å²) >= 11 is 0. The Balaban J connectivity index is 1.32. The van der Waals surface area contributed by atoms with Crippen molar-refractivity contribution in [1.29, 1.82) is 0 Å². The van der Waals surface area contributed by atoms with E-state index in [1.807, 2.05) is 42.5 Å². The summed E-state index contributed by atoms with van der Waals surface area (Å²) < 4.78 is 12.6. The lowest BCUT2D eigenvalue weighted by Gasteiger charge is -2.12. The standard InChI is InChI=1S/C35H19NO2/c1-2-10-27(35-36-29-13-4-6-15-31(29)38-35)20(8-1)21-16-19-28-32-23(21)11-7-12-24(32)25-17-18-26-22-9-3-5-14-30(22)37-34(26)33(25)28/h1-19H. The van der Waals surface area contributed by atoms with Gasteiger partial charge in [0.05, 0.1) is 0 Å². The molecule has 2 heterocycles. The van der Waals surface area contributed by atoms with Crippen LogP contribution in [-0.2, 0) is 0 Å². The average Bonchev–Trinajstić information content (AvgIpc) is 3.66. The van der Waals surface area contributed by atoms with E-state index in [-0.39, 0.29) is 0 Å². The van der Waals surface area contributed by atoms with Crippen molar-refractivity contribution in [2.45, 2.75) is 0 Å². The molecule has 6 aromatic carbocycles. The zero-order chi connectivity index (χ0) is 24.8. The van der Waals surface area contributed by atoms with Crippen molar-refractivity contribution < 1.29 is 8.83 Å². The molecule has 3 heteroatoms. The predicted molar refractivity (Wildman–Crippen MR) is 154 cm³/mol. The monoisotopic (exact) mass is 485 g/mol. The summed E-state index contributed by atoms with van der Waals surface area (Å²) in [5.74, 6) is 0.636. The van der Waals surface area contributed by atoms with Crippen LogP contribution in [0.2, 0.25) is 0 Å². The second-order valence-corrected chi connectivity index (χ2v) is 9.88. The summed E-state index contributed by atoms with van der Waals surface area (Å²) in [6, 6.07) is 40.1. The molecule has 0 atom stereocenters. The molecule has 0 saturated heterocycles. The van der Waals surface area contributed by atoms with Gasteiger partial charge in [-0.3, -0.25) is 0 Å². The van der Waals surface area contributed by atoms with Crippen molar-refractivity contribution in [2.75, 3.05) is 0 Å². The third-order valence-corrected chi connectivity index (χ3v) is 7.89. The number of hydrogen-bond acceptors (Lipinski definition) is 3. The smallest absolute Gasteiger partial charge is 0.227 e. The highest BCUT2D eigenvalue weighted by Gasteiger charge is 2.27. The normalized spacial score (nSPS) is 12.2. The number of hydrogen-bond donors (Lipinski definition) is 0. The van der Waals surface area contributed by atoms with Crippen molar-refractivity contribution in [3.63, 3.8) is 0 Å². The maximum Gasteiger partial charge on any atom is 0.227 e. The Morgan fingerprint density at radius 3 is 2.05 bits per heavy atom. The zero-order valence-electron chi connectivity index (χ0n) is 20.2. The Labute approximate surface area is 217 Å². The topological polar surface area (TPSA) is 39.2 Å². The quantitative estimate of drug-likeness (QED) is 0.245. The summed E-state index contributed by atoms with van der Waals surface area (Å²) in [5, 5.41) is 4.79. The number of furan rings is 1. The maximum atomic E-state index is 6.46. The molecule has 3 nitrogen and oxygen atoms in total. The van der Waals surface area contributed by atoms with Gasteiger partial charge in [-0.05, 0) is 68.9 Å². The van der Waals surface area contributed by atoms with E-state index in [0.29, 0.717) is 5.89 Å². The molecule has 0 N–H and O–H groups in total. The van der Waals surface area contributed by atoms with Crippen molar-refractivity contribution in [2.24, 2.45) is 0 Å². The minimum atomic E-state index is 0.636. The molecule has 0 aliphatic heterocycles. The first kappa shape index (κ1) is 20.0. The van der Waals surface area contributed by atoms with Gasteiger partial charge >= 0.3 is 0 Å². The number of nitrogens with zero attached hydrogens (tertiary/aromatic N) is 1. The van der Waals surface area contributed by atoms with Gasteiger partial charge in [0, 0.05) is 21.9 Å². The number of aromatic nitrogens is 1. The van der Waals surface area contributed by atoms with Gasteiger partial charge in [-0.1, -0.05) is 84.9 Å². The Hall–Kier alpha value is -5.15. The lowest BCUT2D eigenvalue weighted by Crippen LogP contribution is -1.88. The van der Waals surface area contributed by atoms with E-state index in [9.17, 15) is 0 Å². The van der Waals surface area contributed by atoms with Gasteiger partial charge in [-0.15, -0.1) is 0 Å². The van der Waals surface area contributed by atoms with Crippen LogP contribution in [-0.4, -0.2) is 4.98 Å². The molecular formula is C35H19NO2. The summed E-state index contributed by atoms with van der Waals surface area (Å²) in [6.45, 7) is 0. The van der Waals surface area contributed by atoms with Crippen molar-refractivity contribution in [1.82, 2.24) is 4.98 Å². The number of benzene rings is 6. The highest BCUT2D eigenvalue weighted by Crippen LogP contribution is 2.53. The van der Waals surface area contributed by atoms with Crippen LogP contribution >= 0.6 is 0 Å². The van der Waals surface area contributed by atoms with Crippen LogP contribution in [0.5, 0.6) is 0 Å². The lowest BCUT2D eigenvalue weighted by molar-refractivity contribution is 0.620. The number of fused-ring (bicyclic) bond motifs is 8. The Kier molecular flexibility index (Phi) is 3.79. The van der Waals surface area contributed by atoms with Crippen LogP contribution in [0.4, 0.5) is 0 Å². The van der Waals surface area contributed by atoms with Gasteiger partial charge in [-0.2, -0.15) is 0 Å². The largest absolute Gasteiger partial charge is 0.455 e. The minimum Gasteiger partial charge on any atom is -0.455 e. The van der Waals surface area contributed by atoms with Crippen molar-refractivity contribution >= 4 is 43.8 Å². The van der Waals surface area contributed by atoms with Crippen LogP contribution < -0.4 is 0 Å². The fraction of sp³-hybridized carbons (Fsp3) is 0. The summed E-state index contributed by atoms with van der Waals surface area (Å²) in [5.41, 5.74) is 11.7. The van der Waals surface area contributed by atoms with Gasteiger partial charge in [0.25, 0.3) is 0 Å². The molecule has 0 spiro atoms. The molecule has 0 saturated carbocycles. The van der Waals surface area contributed by atoms with Crippen LogP contribution in [0.25, 0.3) is 88.6 Å². The van der Waals surface area contributed by atoms with E-state index in [4.69, 9.17) is 13.8 Å². The minimum absolute atomic E-state index is 0.636. The fourth-order valence-electron chi connectivity index (χ4n) is 6.25. The Morgan fingerprint density at radius 1 is 0.421 bits per heavy atom. The second kappa shape index (κ2) is 7.21. The summed E-state index contributed by atoms with van der Waals surface area (Å²) in [4.78, 5) is 4.80. The third-order valence-electron chi connectivity index (χ3n) is 7.89. The molecule has 38 heavy (non-hydrogen) atoms. The summed E-state index contributed by atoms with van der Waals surface area (Å²) in [6.07, 6.45) is 0. The summed E-state index contributed by atoms with van der Waals surface area (Å²) in [7, 11) is 0. The average molecular weight is 486 g/mol. The molecule has 1 aliphatic rings. The molecule has 9 rings (SSSR count). The van der Waals surface area contributed by atoms with Crippen molar-refractivity contribution in [3.8, 4) is 44.8 Å². The molecule has 8 aromatic rings.